The van der Waals surface area contributed by atoms with E-state index in [1.54, 1.807) is 36.4 Å². The molecular formula is C29H24ClFN4O2. The molecule has 4 aromatic rings. The van der Waals surface area contributed by atoms with Gasteiger partial charge in [-0.3, -0.25) is 9.79 Å². The fourth-order valence-electron chi connectivity index (χ4n) is 4.02. The van der Waals surface area contributed by atoms with E-state index in [2.05, 4.69) is 15.3 Å². The molecule has 0 radical (unpaired) electrons. The molecule has 0 atom stereocenters. The topological polar surface area (TPSA) is 76.5 Å². The summed E-state index contributed by atoms with van der Waals surface area (Å²) in [5, 5.41) is 3.57. The molecule has 2 heterocycles. The molecule has 186 valence electrons. The number of halogens is 2. The van der Waals surface area contributed by atoms with Crippen LogP contribution in [-0.2, 0) is 6.61 Å². The average molecular weight is 515 g/mol. The van der Waals surface area contributed by atoms with Crippen molar-refractivity contribution in [1.82, 2.24) is 15.3 Å². The van der Waals surface area contributed by atoms with Crippen LogP contribution in [0.4, 0.5) is 4.39 Å². The summed E-state index contributed by atoms with van der Waals surface area (Å²) < 4.78 is 19.6. The molecule has 1 aliphatic heterocycles. The number of amides is 1. The predicted molar refractivity (Wildman–Crippen MR) is 143 cm³/mol. The Balaban J connectivity index is 1.37. The Morgan fingerprint density at radius 1 is 1.03 bits per heavy atom. The zero-order valence-corrected chi connectivity index (χ0v) is 20.7. The number of carbonyl (C=O) groups excluding carboxylic acids is 1. The smallest absolute Gasteiger partial charge is 0.251 e. The maximum absolute atomic E-state index is 13.6. The first-order valence-corrected chi connectivity index (χ1v) is 12.4. The number of benzene rings is 3. The van der Waals surface area contributed by atoms with Crippen LogP contribution in [0.3, 0.4) is 0 Å². The van der Waals surface area contributed by atoms with Gasteiger partial charge in [0.15, 0.2) is 0 Å². The fourth-order valence-corrected chi connectivity index (χ4v) is 4.23. The van der Waals surface area contributed by atoms with Gasteiger partial charge in [-0.15, -0.1) is 0 Å². The van der Waals surface area contributed by atoms with Gasteiger partial charge in [0.25, 0.3) is 5.91 Å². The number of nitrogens with zero attached hydrogens (tertiary/aromatic N) is 3. The first-order chi connectivity index (χ1) is 18.0. The lowest BCUT2D eigenvalue weighted by Crippen LogP contribution is -2.24. The Kier molecular flexibility index (Phi) is 7.51. The van der Waals surface area contributed by atoms with Crippen LogP contribution in [0.2, 0.25) is 5.02 Å². The molecule has 0 saturated carbocycles. The predicted octanol–water partition coefficient (Wildman–Crippen LogP) is 6.54. The van der Waals surface area contributed by atoms with Crippen molar-refractivity contribution in [3.8, 4) is 17.1 Å². The standard InChI is InChI=1S/C29H24ClFN4O2/c30-22-5-1-4-19(16-22)18-37-29-27(20-8-11-23(31)12-9-20)34-26-17-21(10-13-25(26)35-29)28(36)33-15-3-7-24-6-2-14-32-24/h1-2,4-5,8-14,16-17H,3,6-7,15,18H2,(H,33,36). The minimum atomic E-state index is -0.353. The molecule has 1 amide bonds. The summed E-state index contributed by atoms with van der Waals surface area (Å²) in [7, 11) is 0. The third-order valence-electron chi connectivity index (χ3n) is 5.92. The van der Waals surface area contributed by atoms with E-state index in [9.17, 15) is 9.18 Å². The Hall–Kier alpha value is -4.10. The number of nitrogens with one attached hydrogen (secondary N) is 1. The summed E-state index contributed by atoms with van der Waals surface area (Å²) >= 11 is 6.10. The van der Waals surface area contributed by atoms with Crippen molar-refractivity contribution in [2.45, 2.75) is 25.9 Å². The minimum absolute atomic E-state index is 0.181. The summed E-state index contributed by atoms with van der Waals surface area (Å²) in [5.74, 6) is -0.227. The normalized spacial score (nSPS) is 12.5. The quantitative estimate of drug-likeness (QED) is 0.257. The number of rotatable bonds is 9. The summed E-state index contributed by atoms with van der Waals surface area (Å²) in [6, 6.07) is 18.5. The van der Waals surface area contributed by atoms with E-state index in [4.69, 9.17) is 21.3 Å². The number of fused-ring (bicyclic) bond motifs is 1. The van der Waals surface area contributed by atoms with Gasteiger partial charge in [0.1, 0.15) is 18.1 Å². The molecule has 0 spiro atoms. The van der Waals surface area contributed by atoms with E-state index in [0.29, 0.717) is 45.3 Å². The Morgan fingerprint density at radius 3 is 2.68 bits per heavy atom. The van der Waals surface area contributed by atoms with Crippen LogP contribution in [0.15, 0.2) is 84.0 Å². The van der Waals surface area contributed by atoms with Crippen molar-refractivity contribution in [1.29, 1.82) is 0 Å². The van der Waals surface area contributed by atoms with Gasteiger partial charge in [0.2, 0.25) is 5.88 Å². The molecule has 5 rings (SSSR count). The highest BCUT2D eigenvalue weighted by Crippen LogP contribution is 2.30. The van der Waals surface area contributed by atoms with E-state index < -0.39 is 0 Å². The lowest BCUT2D eigenvalue weighted by atomic mass is 10.1. The molecule has 3 aromatic carbocycles. The van der Waals surface area contributed by atoms with Crippen LogP contribution in [0, 0.1) is 5.82 Å². The van der Waals surface area contributed by atoms with Gasteiger partial charge >= 0.3 is 0 Å². The van der Waals surface area contributed by atoms with Crippen molar-refractivity contribution >= 4 is 34.3 Å². The van der Waals surface area contributed by atoms with Gasteiger partial charge in [0, 0.05) is 41.0 Å². The van der Waals surface area contributed by atoms with Gasteiger partial charge in [-0.05, 0) is 73.0 Å². The molecule has 0 fully saturated rings. The first kappa shape index (κ1) is 24.6. The second-order valence-electron chi connectivity index (χ2n) is 8.65. The maximum atomic E-state index is 13.6. The number of aromatic nitrogens is 2. The highest BCUT2D eigenvalue weighted by atomic mass is 35.5. The molecule has 0 aliphatic carbocycles. The summed E-state index contributed by atoms with van der Waals surface area (Å²) in [6.07, 6.45) is 6.41. The van der Waals surface area contributed by atoms with Crippen LogP contribution in [-0.4, -0.2) is 28.1 Å². The second kappa shape index (κ2) is 11.3. The highest BCUT2D eigenvalue weighted by molar-refractivity contribution is 6.30. The van der Waals surface area contributed by atoms with E-state index >= 15 is 0 Å². The molecule has 0 bridgehead atoms. The van der Waals surface area contributed by atoms with Gasteiger partial charge in [-0.1, -0.05) is 29.8 Å². The van der Waals surface area contributed by atoms with Crippen LogP contribution < -0.4 is 10.1 Å². The molecular weight excluding hydrogens is 491 g/mol. The van der Waals surface area contributed by atoms with Gasteiger partial charge in [-0.2, -0.15) is 0 Å². The van der Waals surface area contributed by atoms with Gasteiger partial charge in [0.05, 0.1) is 11.0 Å². The zero-order valence-electron chi connectivity index (χ0n) is 20.0. The van der Waals surface area contributed by atoms with Crippen molar-refractivity contribution < 1.29 is 13.9 Å². The number of aliphatic imine (C=N–C) groups is 1. The molecule has 1 N–H and O–H groups in total. The fraction of sp³-hybridized carbons (Fsp3) is 0.172. The van der Waals surface area contributed by atoms with E-state index in [1.165, 1.54) is 12.1 Å². The van der Waals surface area contributed by atoms with Crippen LogP contribution in [0.1, 0.15) is 35.2 Å². The monoisotopic (exact) mass is 514 g/mol. The lowest BCUT2D eigenvalue weighted by Gasteiger charge is -2.12. The van der Waals surface area contributed by atoms with E-state index in [-0.39, 0.29) is 18.3 Å². The van der Waals surface area contributed by atoms with Crippen molar-refractivity contribution in [3.05, 3.63) is 101 Å². The summed E-state index contributed by atoms with van der Waals surface area (Å²) in [5.41, 5.74) is 4.72. The minimum Gasteiger partial charge on any atom is -0.471 e. The highest BCUT2D eigenvalue weighted by Gasteiger charge is 2.15. The Bertz CT molecular complexity index is 1500. The molecule has 0 unspecified atom stereocenters. The third-order valence-corrected chi connectivity index (χ3v) is 6.16. The molecule has 8 heteroatoms. The van der Waals surface area contributed by atoms with Crippen molar-refractivity contribution in [2.75, 3.05) is 6.54 Å². The van der Waals surface area contributed by atoms with Gasteiger partial charge < -0.3 is 10.1 Å². The lowest BCUT2D eigenvalue weighted by molar-refractivity contribution is 0.0953. The molecule has 0 saturated heterocycles. The maximum Gasteiger partial charge on any atom is 0.251 e. The average Bonchev–Trinajstić information content (AvgIpc) is 3.43. The van der Waals surface area contributed by atoms with Crippen LogP contribution >= 0.6 is 11.6 Å². The molecule has 1 aliphatic rings. The second-order valence-corrected chi connectivity index (χ2v) is 9.09. The number of hydrogen-bond donors (Lipinski definition) is 1. The third kappa shape index (κ3) is 6.19. The van der Waals surface area contributed by atoms with E-state index in [0.717, 1.165) is 30.5 Å². The van der Waals surface area contributed by atoms with Gasteiger partial charge in [-0.25, -0.2) is 14.4 Å². The zero-order chi connectivity index (χ0) is 25.6. The van der Waals surface area contributed by atoms with Crippen LogP contribution in [0.5, 0.6) is 5.88 Å². The first-order valence-electron chi connectivity index (χ1n) is 12.0. The largest absolute Gasteiger partial charge is 0.471 e. The van der Waals surface area contributed by atoms with Crippen LogP contribution in [0.25, 0.3) is 22.3 Å². The number of carbonyl (C=O) groups is 1. The SMILES string of the molecule is O=C(NCCCC1=NC=CC1)c1ccc2nc(OCc3cccc(Cl)c3)c(-c3ccc(F)cc3)nc2c1. The van der Waals surface area contributed by atoms with E-state index in [1.807, 2.05) is 30.5 Å². The summed E-state index contributed by atoms with van der Waals surface area (Å²) in [4.78, 5) is 26.5. The number of hydrogen-bond acceptors (Lipinski definition) is 5. The van der Waals surface area contributed by atoms with Crippen molar-refractivity contribution in [2.24, 2.45) is 4.99 Å². The summed E-state index contributed by atoms with van der Waals surface area (Å²) in [6.45, 7) is 0.788. The number of ether oxygens (including phenoxy) is 1. The molecule has 37 heavy (non-hydrogen) atoms. The Labute approximate surface area is 218 Å². The van der Waals surface area contributed by atoms with Crippen molar-refractivity contribution in [3.63, 3.8) is 0 Å². The number of allylic oxidation sites excluding steroid dienone is 1. The molecule has 6 nitrogen and oxygen atoms in total. The Morgan fingerprint density at radius 2 is 1.89 bits per heavy atom. The molecule has 1 aromatic heterocycles.